The summed E-state index contributed by atoms with van der Waals surface area (Å²) in [6.45, 7) is 0.540. The molecule has 0 radical (unpaired) electrons. The maximum atomic E-state index is 12.0. The second-order valence-electron chi connectivity index (χ2n) is 6.00. The van der Waals surface area contributed by atoms with Crippen LogP contribution in [-0.4, -0.2) is 26.6 Å². The van der Waals surface area contributed by atoms with Gasteiger partial charge in [0.25, 0.3) is 0 Å². The number of rotatable bonds is 6. The molecule has 3 rings (SSSR count). The van der Waals surface area contributed by atoms with Crippen LogP contribution in [0.2, 0.25) is 0 Å². The molecule has 126 valence electrons. The molecule has 1 aromatic heterocycles. The zero-order chi connectivity index (χ0) is 16.8. The van der Waals surface area contributed by atoms with Crippen molar-refractivity contribution < 1.29 is 9.59 Å². The molecule has 0 bridgehead atoms. The third-order valence-electron chi connectivity index (χ3n) is 4.14. The molecule has 0 saturated heterocycles. The predicted octanol–water partition coefficient (Wildman–Crippen LogP) is 1.72. The van der Waals surface area contributed by atoms with Gasteiger partial charge in [0.05, 0.1) is 0 Å². The van der Waals surface area contributed by atoms with Gasteiger partial charge in [-0.15, -0.1) is 5.10 Å². The summed E-state index contributed by atoms with van der Waals surface area (Å²) in [7, 11) is 0. The zero-order valence-electron chi connectivity index (χ0n) is 13.4. The summed E-state index contributed by atoms with van der Waals surface area (Å²) in [6, 6.07) is 9.69. The molecule has 1 aromatic carbocycles. The molecular formula is C17H21N5O2. The van der Waals surface area contributed by atoms with Crippen molar-refractivity contribution in [1.29, 1.82) is 0 Å². The first-order valence-corrected chi connectivity index (χ1v) is 8.21. The van der Waals surface area contributed by atoms with Crippen molar-refractivity contribution in [3.05, 3.63) is 42.2 Å². The number of carbonyl (C=O) groups excluding carboxylic acids is 2. The Labute approximate surface area is 140 Å². The first-order valence-electron chi connectivity index (χ1n) is 8.21. The van der Waals surface area contributed by atoms with Gasteiger partial charge in [-0.25, -0.2) is 9.67 Å². The van der Waals surface area contributed by atoms with E-state index in [4.69, 9.17) is 0 Å². The van der Waals surface area contributed by atoms with Crippen LogP contribution in [0.25, 0.3) is 0 Å². The molecule has 1 saturated carbocycles. The van der Waals surface area contributed by atoms with Gasteiger partial charge in [-0.2, -0.15) is 0 Å². The van der Waals surface area contributed by atoms with Crippen LogP contribution in [0.4, 0.5) is 5.95 Å². The molecule has 0 atom stereocenters. The number of benzene rings is 1. The van der Waals surface area contributed by atoms with Crippen LogP contribution in [-0.2, 0) is 22.7 Å². The molecule has 7 nitrogen and oxygen atoms in total. The fraction of sp³-hybridized carbons (Fsp3) is 0.412. The summed E-state index contributed by atoms with van der Waals surface area (Å²) in [6.07, 6.45) is 5.50. The van der Waals surface area contributed by atoms with Crippen LogP contribution in [0.3, 0.4) is 0 Å². The Balaban J connectivity index is 1.46. The van der Waals surface area contributed by atoms with Gasteiger partial charge in [0.15, 0.2) is 0 Å². The van der Waals surface area contributed by atoms with E-state index in [0.29, 0.717) is 6.54 Å². The Morgan fingerprint density at radius 3 is 2.67 bits per heavy atom. The van der Waals surface area contributed by atoms with Gasteiger partial charge >= 0.3 is 0 Å². The third kappa shape index (κ3) is 4.41. The minimum absolute atomic E-state index is 0.0289. The molecule has 0 aliphatic heterocycles. The normalized spacial score (nSPS) is 14.5. The predicted molar refractivity (Wildman–Crippen MR) is 88.9 cm³/mol. The average Bonchev–Trinajstić information content (AvgIpc) is 3.26. The SMILES string of the molecule is O=C(Cn1cnc(NC(=O)C2CCCC2)n1)NCc1ccccc1. The van der Waals surface area contributed by atoms with Crippen molar-refractivity contribution in [1.82, 2.24) is 20.1 Å². The summed E-state index contributed by atoms with van der Waals surface area (Å²) in [5, 5.41) is 9.68. The third-order valence-corrected chi connectivity index (χ3v) is 4.14. The summed E-state index contributed by atoms with van der Waals surface area (Å²) in [4.78, 5) is 28.0. The molecule has 0 unspecified atom stereocenters. The first-order chi connectivity index (χ1) is 11.7. The van der Waals surface area contributed by atoms with Gasteiger partial charge in [-0.1, -0.05) is 43.2 Å². The van der Waals surface area contributed by atoms with E-state index in [9.17, 15) is 9.59 Å². The number of nitrogens with zero attached hydrogens (tertiary/aromatic N) is 3. The Morgan fingerprint density at radius 1 is 1.17 bits per heavy atom. The van der Waals surface area contributed by atoms with E-state index >= 15 is 0 Å². The Kier molecular flexibility index (Phi) is 5.20. The molecule has 2 aromatic rings. The van der Waals surface area contributed by atoms with Crippen molar-refractivity contribution in [3.63, 3.8) is 0 Å². The molecular weight excluding hydrogens is 306 g/mol. The fourth-order valence-electron chi connectivity index (χ4n) is 2.83. The Morgan fingerprint density at radius 2 is 1.92 bits per heavy atom. The molecule has 24 heavy (non-hydrogen) atoms. The molecule has 0 spiro atoms. The number of aromatic nitrogens is 3. The monoisotopic (exact) mass is 327 g/mol. The zero-order valence-corrected chi connectivity index (χ0v) is 13.4. The summed E-state index contributed by atoms with van der Waals surface area (Å²) in [5.74, 6) is 0.130. The fourth-order valence-corrected chi connectivity index (χ4v) is 2.83. The molecule has 1 heterocycles. The molecule has 1 fully saturated rings. The van der Waals surface area contributed by atoms with E-state index < -0.39 is 0 Å². The van der Waals surface area contributed by atoms with Crippen molar-refractivity contribution in [2.24, 2.45) is 5.92 Å². The van der Waals surface area contributed by atoms with E-state index in [1.165, 1.54) is 11.0 Å². The van der Waals surface area contributed by atoms with Gasteiger partial charge in [0, 0.05) is 12.5 Å². The number of hydrogen-bond donors (Lipinski definition) is 2. The largest absolute Gasteiger partial charge is 0.350 e. The van der Waals surface area contributed by atoms with E-state index in [0.717, 1.165) is 31.2 Å². The van der Waals surface area contributed by atoms with E-state index in [1.54, 1.807) is 0 Å². The highest BCUT2D eigenvalue weighted by Gasteiger charge is 2.23. The van der Waals surface area contributed by atoms with Crippen LogP contribution in [0.5, 0.6) is 0 Å². The van der Waals surface area contributed by atoms with Gasteiger partial charge in [0.1, 0.15) is 12.9 Å². The number of amides is 2. The van der Waals surface area contributed by atoms with Crippen LogP contribution >= 0.6 is 0 Å². The van der Waals surface area contributed by atoms with E-state index in [2.05, 4.69) is 20.7 Å². The van der Waals surface area contributed by atoms with Crippen LogP contribution in [0.1, 0.15) is 31.2 Å². The number of nitrogens with one attached hydrogen (secondary N) is 2. The molecule has 2 amide bonds. The topological polar surface area (TPSA) is 88.9 Å². The lowest BCUT2D eigenvalue weighted by Gasteiger charge is -2.07. The minimum Gasteiger partial charge on any atom is -0.350 e. The second kappa shape index (κ2) is 7.72. The summed E-state index contributed by atoms with van der Waals surface area (Å²) in [5.41, 5.74) is 1.04. The molecule has 2 N–H and O–H groups in total. The van der Waals surface area contributed by atoms with E-state index in [1.807, 2.05) is 30.3 Å². The lowest BCUT2D eigenvalue weighted by molar-refractivity contribution is -0.122. The number of anilines is 1. The van der Waals surface area contributed by atoms with Crippen molar-refractivity contribution in [2.45, 2.75) is 38.8 Å². The highest BCUT2D eigenvalue weighted by Crippen LogP contribution is 2.25. The Bertz CT molecular complexity index is 692. The lowest BCUT2D eigenvalue weighted by Crippen LogP contribution is -2.27. The minimum atomic E-state index is -0.155. The van der Waals surface area contributed by atoms with Gasteiger partial charge < -0.3 is 5.32 Å². The first kappa shape index (κ1) is 16.2. The van der Waals surface area contributed by atoms with Crippen molar-refractivity contribution >= 4 is 17.8 Å². The lowest BCUT2D eigenvalue weighted by atomic mass is 10.1. The average molecular weight is 327 g/mol. The van der Waals surface area contributed by atoms with Crippen molar-refractivity contribution in [3.8, 4) is 0 Å². The van der Waals surface area contributed by atoms with Gasteiger partial charge in [-0.3, -0.25) is 14.9 Å². The maximum absolute atomic E-state index is 12.0. The summed E-state index contributed by atoms with van der Waals surface area (Å²) < 4.78 is 1.42. The van der Waals surface area contributed by atoms with Gasteiger partial charge in [-0.05, 0) is 18.4 Å². The number of carbonyl (C=O) groups is 2. The van der Waals surface area contributed by atoms with E-state index in [-0.39, 0.29) is 30.2 Å². The standard InChI is InChI=1S/C17H21N5O2/c23-15(18-10-13-6-2-1-3-7-13)11-22-12-19-17(21-22)20-16(24)14-8-4-5-9-14/h1-3,6-7,12,14H,4-5,8-11H2,(H,18,23)(H,20,21,24). The molecule has 1 aliphatic carbocycles. The second-order valence-corrected chi connectivity index (χ2v) is 6.00. The molecule has 1 aliphatic rings. The number of hydrogen-bond acceptors (Lipinski definition) is 4. The maximum Gasteiger partial charge on any atom is 0.248 e. The van der Waals surface area contributed by atoms with Crippen LogP contribution in [0.15, 0.2) is 36.7 Å². The smallest absolute Gasteiger partial charge is 0.248 e. The van der Waals surface area contributed by atoms with Crippen LogP contribution in [0, 0.1) is 5.92 Å². The van der Waals surface area contributed by atoms with Crippen LogP contribution < -0.4 is 10.6 Å². The van der Waals surface area contributed by atoms with Gasteiger partial charge in [0.2, 0.25) is 17.8 Å². The Hall–Kier alpha value is -2.70. The summed E-state index contributed by atoms with van der Waals surface area (Å²) >= 11 is 0. The highest BCUT2D eigenvalue weighted by molar-refractivity contribution is 5.91. The molecule has 7 heteroatoms. The quantitative estimate of drug-likeness (QED) is 0.845. The highest BCUT2D eigenvalue weighted by atomic mass is 16.2. The van der Waals surface area contributed by atoms with Crippen molar-refractivity contribution in [2.75, 3.05) is 5.32 Å².